The highest BCUT2D eigenvalue weighted by Gasteiger charge is 2.21. The lowest BCUT2D eigenvalue weighted by molar-refractivity contribution is 0.674. The highest BCUT2D eigenvalue weighted by Crippen LogP contribution is 2.42. The summed E-state index contributed by atoms with van der Waals surface area (Å²) in [5, 5.41) is 8.76. The first kappa shape index (κ1) is 25.4. The maximum Gasteiger partial charge on any atom is 0.159 e. The van der Waals surface area contributed by atoms with Crippen LogP contribution >= 0.6 is 22.7 Å². The van der Waals surface area contributed by atoms with Crippen molar-refractivity contribution in [1.29, 1.82) is 0 Å². The van der Waals surface area contributed by atoms with E-state index < -0.39 is 0 Å². The predicted octanol–water partition coefficient (Wildman–Crippen LogP) is 10.6. The van der Waals surface area contributed by atoms with Gasteiger partial charge in [-0.05, 0) is 34.9 Å². The van der Waals surface area contributed by atoms with Crippen molar-refractivity contribution in [2.24, 2.45) is 9.98 Å². The summed E-state index contributed by atoms with van der Waals surface area (Å²) in [5.41, 5.74) is 5.73. The lowest BCUT2D eigenvalue weighted by atomic mass is 10.0. The minimum Gasteiger partial charge on any atom is -0.344 e. The van der Waals surface area contributed by atoms with Gasteiger partial charge in [-0.15, -0.1) is 22.7 Å². The minimum atomic E-state index is -0.212. The molecule has 6 aromatic carbocycles. The van der Waals surface area contributed by atoms with Crippen LogP contribution in [0.1, 0.15) is 22.9 Å². The van der Waals surface area contributed by atoms with E-state index in [-0.39, 0.29) is 6.17 Å². The van der Waals surface area contributed by atoms with Crippen molar-refractivity contribution >= 4 is 74.7 Å². The number of hydrogen-bond acceptors (Lipinski definition) is 5. The van der Waals surface area contributed by atoms with Crippen LogP contribution in [0.2, 0.25) is 0 Å². The molecule has 0 radical (unpaired) electrons. The Morgan fingerprint density at radius 3 is 1.98 bits per heavy atom. The molecule has 9 rings (SSSR count). The lowest BCUT2D eigenvalue weighted by Gasteiger charge is -2.23. The summed E-state index contributed by atoms with van der Waals surface area (Å²) in [6.07, 6.45) is -0.212. The first-order valence-corrected chi connectivity index (χ1v) is 16.3. The van der Waals surface area contributed by atoms with Gasteiger partial charge in [-0.25, -0.2) is 9.98 Å². The van der Waals surface area contributed by atoms with Gasteiger partial charge >= 0.3 is 0 Å². The monoisotopic (exact) mass is 599 g/mol. The van der Waals surface area contributed by atoms with Crippen LogP contribution in [0.5, 0.6) is 0 Å². The lowest BCUT2D eigenvalue weighted by Crippen LogP contribution is -2.33. The Hall–Kier alpha value is -5.10. The molecule has 0 amide bonds. The first-order chi connectivity index (χ1) is 21.8. The van der Waals surface area contributed by atoms with Crippen molar-refractivity contribution in [2.75, 3.05) is 0 Å². The van der Waals surface area contributed by atoms with Gasteiger partial charge in [0.25, 0.3) is 0 Å². The van der Waals surface area contributed by atoms with Crippen molar-refractivity contribution in [3.05, 3.63) is 156 Å². The van der Waals surface area contributed by atoms with Crippen LogP contribution in [0, 0.1) is 0 Å². The maximum atomic E-state index is 5.08. The van der Waals surface area contributed by atoms with Gasteiger partial charge in [0.05, 0.1) is 0 Å². The highest BCUT2D eigenvalue weighted by molar-refractivity contribution is 7.26. The molecule has 0 bridgehead atoms. The van der Waals surface area contributed by atoms with E-state index in [0.717, 1.165) is 28.4 Å². The molecule has 1 N–H and O–H groups in total. The molecular formula is C39H25N3S2. The van der Waals surface area contributed by atoms with E-state index in [1.807, 2.05) is 46.9 Å². The van der Waals surface area contributed by atoms with Crippen molar-refractivity contribution < 1.29 is 0 Å². The van der Waals surface area contributed by atoms with Crippen LogP contribution in [0.25, 0.3) is 51.5 Å². The fourth-order valence-corrected chi connectivity index (χ4v) is 8.61. The average Bonchev–Trinajstić information content (AvgIpc) is 3.66. The average molecular weight is 600 g/mol. The topological polar surface area (TPSA) is 36.8 Å². The van der Waals surface area contributed by atoms with Crippen molar-refractivity contribution in [1.82, 2.24) is 5.32 Å². The molecule has 0 fully saturated rings. The van der Waals surface area contributed by atoms with E-state index in [0.29, 0.717) is 0 Å². The SMILES string of the molecule is c1ccc(C2=NC(c3ccc4c(c3)sc3cc(-c5cccc6c5sc5ccccc56)ccc34)=NC(c3ccccc3)N2)cc1. The third-order valence-corrected chi connectivity index (χ3v) is 10.7. The standard InChI is InChI=1S/C39H25N3S2/c1-3-10-24(11-4-1)37-40-38(25-12-5-2-6-13-25)42-39(41-37)27-19-21-31-30-20-18-26(22-34(30)43-35(31)23-27)28-15-9-16-32-29-14-7-8-17-33(29)44-36(28)32/h1-23,37H,(H,40,41,42). The van der Waals surface area contributed by atoms with E-state index in [1.165, 1.54) is 51.5 Å². The Kier molecular flexibility index (Phi) is 5.93. The van der Waals surface area contributed by atoms with Crippen LogP contribution in [0.15, 0.2) is 150 Å². The van der Waals surface area contributed by atoms with Crippen molar-refractivity contribution in [3.63, 3.8) is 0 Å². The number of nitrogens with zero attached hydrogens (tertiary/aromatic N) is 2. The van der Waals surface area contributed by atoms with Gasteiger partial charge in [-0.2, -0.15) is 0 Å². The molecule has 0 saturated heterocycles. The summed E-state index contributed by atoms with van der Waals surface area (Å²) < 4.78 is 5.21. The van der Waals surface area contributed by atoms with E-state index in [9.17, 15) is 0 Å². The molecule has 0 aliphatic carbocycles. The van der Waals surface area contributed by atoms with Crippen LogP contribution in [0.4, 0.5) is 0 Å². The van der Waals surface area contributed by atoms with Crippen LogP contribution in [-0.4, -0.2) is 11.7 Å². The van der Waals surface area contributed by atoms with Gasteiger partial charge in [-0.1, -0.05) is 121 Å². The van der Waals surface area contributed by atoms with Gasteiger partial charge in [0.15, 0.2) is 5.84 Å². The van der Waals surface area contributed by atoms with E-state index in [2.05, 4.69) is 121 Å². The fourth-order valence-electron chi connectivity index (χ4n) is 6.19. The van der Waals surface area contributed by atoms with Gasteiger partial charge < -0.3 is 5.32 Å². The number of fused-ring (bicyclic) bond motifs is 6. The zero-order chi connectivity index (χ0) is 29.0. The quantitative estimate of drug-likeness (QED) is 0.215. The Bertz CT molecular complexity index is 2420. The van der Waals surface area contributed by atoms with E-state index >= 15 is 0 Å². The number of amidine groups is 2. The number of benzene rings is 6. The van der Waals surface area contributed by atoms with Gasteiger partial charge in [0, 0.05) is 51.5 Å². The summed E-state index contributed by atoms with van der Waals surface area (Å²) in [4.78, 5) is 10.1. The second-order valence-electron chi connectivity index (χ2n) is 11.0. The number of aliphatic imine (C=N–C) groups is 2. The molecule has 3 heterocycles. The fraction of sp³-hybridized carbons (Fsp3) is 0.0256. The number of nitrogens with one attached hydrogen (secondary N) is 1. The molecule has 1 unspecified atom stereocenters. The summed E-state index contributed by atoms with van der Waals surface area (Å²) in [7, 11) is 0. The third-order valence-electron chi connectivity index (χ3n) is 8.35. The first-order valence-electron chi connectivity index (χ1n) is 14.7. The Labute approximate surface area is 262 Å². The van der Waals surface area contributed by atoms with Gasteiger partial charge in [0.1, 0.15) is 12.0 Å². The molecule has 2 aromatic heterocycles. The number of rotatable bonds is 4. The van der Waals surface area contributed by atoms with Crippen molar-refractivity contribution in [2.45, 2.75) is 6.17 Å². The molecule has 1 atom stereocenters. The largest absolute Gasteiger partial charge is 0.344 e. The normalized spacial score (nSPS) is 15.0. The number of hydrogen-bond donors (Lipinski definition) is 1. The second kappa shape index (κ2) is 10.3. The smallest absolute Gasteiger partial charge is 0.159 e. The molecule has 8 aromatic rings. The Morgan fingerprint density at radius 2 is 1.16 bits per heavy atom. The number of thiophene rings is 2. The van der Waals surface area contributed by atoms with Crippen LogP contribution in [0.3, 0.4) is 0 Å². The van der Waals surface area contributed by atoms with E-state index in [1.54, 1.807) is 0 Å². The second-order valence-corrected chi connectivity index (χ2v) is 13.2. The van der Waals surface area contributed by atoms with Crippen molar-refractivity contribution in [3.8, 4) is 11.1 Å². The van der Waals surface area contributed by atoms with Gasteiger partial charge in [0.2, 0.25) is 0 Å². The molecule has 208 valence electrons. The van der Waals surface area contributed by atoms with E-state index in [4.69, 9.17) is 9.98 Å². The zero-order valence-electron chi connectivity index (χ0n) is 23.6. The summed E-state index contributed by atoms with van der Waals surface area (Å²) in [5.74, 6) is 1.58. The Balaban J connectivity index is 1.15. The molecule has 1 aliphatic rings. The summed E-state index contributed by atoms with van der Waals surface area (Å²) >= 11 is 3.72. The molecule has 0 saturated carbocycles. The molecule has 44 heavy (non-hydrogen) atoms. The molecule has 5 heteroatoms. The third kappa shape index (κ3) is 4.24. The predicted molar refractivity (Wildman–Crippen MR) is 189 cm³/mol. The minimum absolute atomic E-state index is 0.212. The Morgan fingerprint density at radius 1 is 0.500 bits per heavy atom. The highest BCUT2D eigenvalue weighted by atomic mass is 32.1. The molecular weight excluding hydrogens is 575 g/mol. The summed E-state index contributed by atoms with van der Waals surface area (Å²) in [6.45, 7) is 0. The van der Waals surface area contributed by atoms with Crippen LogP contribution < -0.4 is 5.32 Å². The molecule has 0 spiro atoms. The molecule has 3 nitrogen and oxygen atoms in total. The zero-order valence-corrected chi connectivity index (χ0v) is 25.2. The van der Waals surface area contributed by atoms with Crippen LogP contribution in [-0.2, 0) is 0 Å². The maximum absolute atomic E-state index is 5.08. The summed E-state index contributed by atoms with van der Waals surface area (Å²) in [6, 6.07) is 49.6. The molecule has 1 aliphatic heterocycles. The van der Waals surface area contributed by atoms with Gasteiger partial charge in [-0.3, -0.25) is 0 Å².